The predicted molar refractivity (Wildman–Crippen MR) is 148 cm³/mol. The number of fused-ring (bicyclic) bond motifs is 1. The normalized spacial score (nSPS) is 29.2. The van der Waals surface area contributed by atoms with E-state index < -0.39 is 23.4 Å². The average Bonchev–Trinajstić information content (AvgIpc) is 3.21. The van der Waals surface area contributed by atoms with Crippen molar-refractivity contribution >= 4 is 35.1 Å². The van der Waals surface area contributed by atoms with Crippen molar-refractivity contribution in [2.45, 2.75) is 78.8 Å². The third-order valence-corrected chi connectivity index (χ3v) is 9.29. The van der Waals surface area contributed by atoms with E-state index in [0.29, 0.717) is 24.6 Å². The van der Waals surface area contributed by atoms with Crippen molar-refractivity contribution in [3.05, 3.63) is 4.85 Å². The number of nitrogens with one attached hydrogen (secondary N) is 2. The Balaban J connectivity index is 1.52. The number of nitriles is 1. The molecule has 4 aliphatic rings. The fourth-order valence-corrected chi connectivity index (χ4v) is 6.66. The molecule has 1 aliphatic carbocycles. The van der Waals surface area contributed by atoms with E-state index in [1.807, 2.05) is 20.8 Å². The van der Waals surface area contributed by atoms with Crippen LogP contribution in [0.2, 0.25) is 0 Å². The molecule has 0 aromatic carbocycles. The molecule has 0 bridgehead atoms. The van der Waals surface area contributed by atoms with Gasteiger partial charge in [0, 0.05) is 31.2 Å². The van der Waals surface area contributed by atoms with Crippen molar-refractivity contribution < 1.29 is 14.4 Å². The van der Waals surface area contributed by atoms with Gasteiger partial charge >= 0.3 is 5.11 Å². The fraction of sp³-hybridized carbons (Fsp3) is 0.786. The topological polar surface area (TPSA) is 110 Å². The van der Waals surface area contributed by atoms with Crippen LogP contribution < -0.4 is 10.6 Å². The Morgan fingerprint density at radius 3 is 2.53 bits per heavy atom. The van der Waals surface area contributed by atoms with E-state index in [-0.39, 0.29) is 47.3 Å². The molecule has 9 nitrogen and oxygen atoms in total. The van der Waals surface area contributed by atoms with Crippen LogP contribution in [-0.4, -0.2) is 70.9 Å². The molecule has 3 heterocycles. The summed E-state index contributed by atoms with van der Waals surface area (Å²) in [7, 11) is 0. The number of carbonyl (C=O) groups is 3. The van der Waals surface area contributed by atoms with Crippen LogP contribution in [-0.2, 0) is 14.4 Å². The molecular weight excluding hydrogens is 500 g/mol. The lowest BCUT2D eigenvalue weighted by atomic mass is 9.80. The van der Waals surface area contributed by atoms with Crippen molar-refractivity contribution in [1.82, 2.24) is 20.4 Å². The molecule has 206 valence electrons. The molecule has 0 radical (unpaired) electrons. The van der Waals surface area contributed by atoms with Gasteiger partial charge in [-0.15, -0.1) is 4.85 Å². The number of amides is 3. The zero-order chi connectivity index (χ0) is 27.8. The minimum absolute atomic E-state index is 0.0209. The van der Waals surface area contributed by atoms with E-state index >= 15 is 0 Å². The van der Waals surface area contributed by atoms with Gasteiger partial charge in [0.25, 0.3) is 0 Å². The van der Waals surface area contributed by atoms with Crippen molar-refractivity contribution in [1.29, 1.82) is 5.26 Å². The largest absolute Gasteiger partial charge is 0.450 e. The van der Waals surface area contributed by atoms with Crippen LogP contribution in [0.5, 0.6) is 0 Å². The molecule has 4 fully saturated rings. The standard InChI is InChI=1S/C28H40N6O3S/c1-27(2,3)19(15-31-26(38)33-11-7-6-8-12-33)25(37)34-16-20-21(28(20,4)5)22(34)24(36)32-18(14-29)13-17-9-10-30-23(17)35/h17-22H,6-13,16H2,1-5H3,(H-,30,32,35,36)/p+1/t17-,18-,19?,20-,21-,22-/m0/s1. The number of thiocarbonyl (C=S) groups is 1. The minimum Gasteiger partial charge on any atom is -0.356 e. The second kappa shape index (κ2) is 10.8. The van der Waals surface area contributed by atoms with Gasteiger partial charge in [0.2, 0.25) is 17.7 Å². The third-order valence-electron chi connectivity index (χ3n) is 8.94. The van der Waals surface area contributed by atoms with Crippen LogP contribution in [0.25, 0.3) is 4.85 Å². The first kappa shape index (κ1) is 28.3. The molecule has 38 heavy (non-hydrogen) atoms. The number of carbonyl (C=O) groups excluding carboxylic acids is 3. The second-order valence-corrected chi connectivity index (χ2v) is 13.3. The Hall–Kier alpha value is -2.72. The maximum atomic E-state index is 14.0. The highest BCUT2D eigenvalue weighted by Crippen LogP contribution is 2.65. The highest BCUT2D eigenvalue weighted by molar-refractivity contribution is 7.80. The minimum atomic E-state index is -0.789. The number of hydrogen-bond acceptors (Lipinski definition) is 5. The SMILES string of the molecule is CC(C)(C)C(C#[N+]C(=S)N1CCCCC1)C(=O)N1C[C@H]2[C@@H]([C@H]1C(=O)N[C@H](C#N)C[C@@H]1CCNC1=O)C2(C)C. The molecule has 0 spiro atoms. The number of likely N-dealkylation sites (tertiary alicyclic amines) is 2. The van der Waals surface area contributed by atoms with E-state index in [0.717, 1.165) is 25.9 Å². The van der Waals surface area contributed by atoms with Crippen LogP contribution >= 0.6 is 12.2 Å². The lowest BCUT2D eigenvalue weighted by molar-refractivity contribution is -0.144. The molecule has 1 unspecified atom stereocenters. The smallest absolute Gasteiger partial charge is 0.356 e. The Kier molecular flexibility index (Phi) is 8.04. The monoisotopic (exact) mass is 541 g/mol. The van der Waals surface area contributed by atoms with Gasteiger partial charge in [-0.1, -0.05) is 34.6 Å². The second-order valence-electron chi connectivity index (χ2n) is 13.0. The molecule has 3 amide bonds. The van der Waals surface area contributed by atoms with Crippen LogP contribution in [0.15, 0.2) is 0 Å². The zero-order valence-corrected chi connectivity index (χ0v) is 24.1. The molecule has 0 aromatic rings. The molecule has 2 N–H and O–H groups in total. The summed E-state index contributed by atoms with van der Waals surface area (Å²) >= 11 is 5.53. The van der Waals surface area contributed by atoms with Crippen LogP contribution in [0.1, 0.15) is 66.7 Å². The maximum absolute atomic E-state index is 14.0. The Bertz CT molecular complexity index is 1090. The van der Waals surface area contributed by atoms with Gasteiger partial charge in [-0.05, 0) is 54.8 Å². The summed E-state index contributed by atoms with van der Waals surface area (Å²) in [6, 6.07) is 3.76. The summed E-state index contributed by atoms with van der Waals surface area (Å²) in [5.41, 5.74) is -0.538. The first-order chi connectivity index (χ1) is 17.9. The van der Waals surface area contributed by atoms with Gasteiger partial charge < -0.3 is 15.5 Å². The van der Waals surface area contributed by atoms with E-state index in [1.54, 1.807) is 4.90 Å². The molecule has 0 aromatic heterocycles. The number of rotatable bonds is 5. The molecule has 6 atom stereocenters. The van der Waals surface area contributed by atoms with E-state index in [4.69, 9.17) is 12.2 Å². The highest BCUT2D eigenvalue weighted by Gasteiger charge is 2.69. The molecule has 3 saturated heterocycles. The summed E-state index contributed by atoms with van der Waals surface area (Å²) in [6.45, 7) is 13.0. The van der Waals surface area contributed by atoms with Crippen molar-refractivity contribution in [2.24, 2.45) is 34.5 Å². The maximum Gasteiger partial charge on any atom is 0.450 e. The van der Waals surface area contributed by atoms with Gasteiger partial charge in [-0.25, -0.2) is 4.90 Å². The summed E-state index contributed by atoms with van der Waals surface area (Å²) in [4.78, 5) is 47.8. The molecule has 4 rings (SSSR count). The predicted octanol–water partition coefficient (Wildman–Crippen LogP) is 2.77. The highest BCUT2D eigenvalue weighted by atomic mass is 32.1. The lowest BCUT2D eigenvalue weighted by Crippen LogP contribution is -2.54. The van der Waals surface area contributed by atoms with Gasteiger partial charge in [0.05, 0.1) is 19.2 Å². The quantitative estimate of drug-likeness (QED) is 0.518. The van der Waals surface area contributed by atoms with Gasteiger partial charge in [-0.3, -0.25) is 14.4 Å². The summed E-state index contributed by atoms with van der Waals surface area (Å²) in [5.74, 6) is -1.31. The molecular formula is C28H41N6O3S+. The Morgan fingerprint density at radius 1 is 1.26 bits per heavy atom. The zero-order valence-electron chi connectivity index (χ0n) is 23.2. The number of piperidine rings is 2. The van der Waals surface area contributed by atoms with Gasteiger partial charge in [0.1, 0.15) is 12.1 Å². The Labute approximate surface area is 231 Å². The van der Waals surface area contributed by atoms with E-state index in [9.17, 15) is 19.6 Å². The van der Waals surface area contributed by atoms with Crippen LogP contribution in [0, 0.1) is 51.9 Å². The van der Waals surface area contributed by atoms with Gasteiger partial charge in [0.15, 0.2) is 12.0 Å². The number of hydrogen-bond donors (Lipinski definition) is 2. The molecule has 1 saturated carbocycles. The van der Waals surface area contributed by atoms with Crippen molar-refractivity contribution in [3.63, 3.8) is 0 Å². The average molecular weight is 542 g/mol. The fourth-order valence-electron chi connectivity index (χ4n) is 6.43. The van der Waals surface area contributed by atoms with Crippen LogP contribution in [0.3, 0.4) is 0 Å². The van der Waals surface area contributed by atoms with Crippen molar-refractivity contribution in [3.8, 4) is 12.1 Å². The molecule has 3 aliphatic heterocycles. The lowest BCUT2D eigenvalue weighted by Gasteiger charge is -2.34. The third kappa shape index (κ3) is 5.66. The Morgan fingerprint density at radius 2 is 1.95 bits per heavy atom. The summed E-state index contributed by atoms with van der Waals surface area (Å²) in [6.07, 6.45) is 4.27. The summed E-state index contributed by atoms with van der Waals surface area (Å²) in [5, 5.41) is 15.8. The van der Waals surface area contributed by atoms with Crippen LogP contribution in [0.4, 0.5) is 0 Å². The molecule has 10 heteroatoms. The van der Waals surface area contributed by atoms with Crippen molar-refractivity contribution in [2.75, 3.05) is 26.2 Å². The first-order valence-electron chi connectivity index (χ1n) is 13.9. The van der Waals surface area contributed by atoms with E-state index in [1.165, 1.54) is 6.42 Å². The van der Waals surface area contributed by atoms with Gasteiger partial charge in [-0.2, -0.15) is 5.26 Å². The first-order valence-corrected chi connectivity index (χ1v) is 14.3. The van der Waals surface area contributed by atoms with E-state index in [2.05, 4.69) is 46.4 Å². The number of nitrogens with zero attached hydrogens (tertiary/aromatic N) is 4. The summed E-state index contributed by atoms with van der Waals surface area (Å²) < 4.78 is 0.